The first kappa shape index (κ1) is 31.4. The lowest BCUT2D eigenvalue weighted by Crippen LogP contribution is -2.49. The number of hydrogen-bond donors (Lipinski definition) is 1. The number of amides is 1. The molecule has 16 heteroatoms. The van der Waals surface area contributed by atoms with E-state index in [-0.39, 0.29) is 10.8 Å². The molecule has 212 valence electrons. The number of rotatable bonds is 14. The monoisotopic (exact) mass is 585 g/mol. The van der Waals surface area contributed by atoms with Crippen molar-refractivity contribution in [3.05, 3.63) is 52.7 Å². The second-order valence-corrected chi connectivity index (χ2v) is 9.78. The Bertz CT molecular complexity index is 1170. The summed E-state index contributed by atoms with van der Waals surface area (Å²) in [5, 5.41) is 9.19. The fourth-order valence-electron chi connectivity index (χ4n) is 2.99. The molecule has 1 aromatic heterocycles. The number of benzene rings is 1. The van der Waals surface area contributed by atoms with E-state index in [9.17, 15) is 31.5 Å². The van der Waals surface area contributed by atoms with Crippen LogP contribution in [0.2, 0.25) is 5.02 Å². The zero-order chi connectivity index (χ0) is 28.5. The van der Waals surface area contributed by atoms with Crippen LogP contribution >= 0.6 is 11.6 Å². The predicted molar refractivity (Wildman–Crippen MR) is 129 cm³/mol. The standard InChI is InChI=1S/C22H27ClF3N3O8S/c1-4-28(14-19(35-3)37-20-18(23)11-16(12-27-20)22(24,25)26)38(32,33)29(21(30)31)13-15-5-7-17(8-6-15)36-10-9-34-2/h5-8,11-12,19H,4,9-10,13-14H2,1-3H3,(H,30,31). The summed E-state index contributed by atoms with van der Waals surface area (Å²) in [5.41, 5.74) is -0.736. The molecule has 0 saturated heterocycles. The number of alkyl halides is 3. The van der Waals surface area contributed by atoms with E-state index in [2.05, 4.69) is 4.98 Å². The van der Waals surface area contributed by atoms with E-state index in [1.807, 2.05) is 0 Å². The van der Waals surface area contributed by atoms with Crippen LogP contribution in [0.4, 0.5) is 18.0 Å². The van der Waals surface area contributed by atoms with E-state index in [0.717, 1.165) is 11.4 Å². The van der Waals surface area contributed by atoms with Gasteiger partial charge in [-0.15, -0.1) is 0 Å². The maximum Gasteiger partial charge on any atom is 0.422 e. The van der Waals surface area contributed by atoms with Crippen molar-refractivity contribution in [2.75, 3.05) is 40.5 Å². The number of halogens is 4. The van der Waals surface area contributed by atoms with Gasteiger partial charge in [0.15, 0.2) is 0 Å². The molecule has 0 radical (unpaired) electrons. The fourth-order valence-corrected chi connectivity index (χ4v) is 4.63. The second-order valence-electron chi connectivity index (χ2n) is 7.52. The number of pyridine rings is 1. The summed E-state index contributed by atoms with van der Waals surface area (Å²) >= 11 is 5.85. The molecule has 0 fully saturated rings. The molecule has 38 heavy (non-hydrogen) atoms. The molecule has 0 aliphatic carbocycles. The van der Waals surface area contributed by atoms with Crippen molar-refractivity contribution in [3.8, 4) is 11.6 Å². The zero-order valence-electron chi connectivity index (χ0n) is 20.6. The van der Waals surface area contributed by atoms with Gasteiger partial charge in [-0.1, -0.05) is 30.7 Å². The third-order valence-corrected chi connectivity index (χ3v) is 7.14. The summed E-state index contributed by atoms with van der Waals surface area (Å²) in [6.07, 6.45) is -7.29. The van der Waals surface area contributed by atoms with Crippen molar-refractivity contribution >= 4 is 27.9 Å². The third-order valence-electron chi connectivity index (χ3n) is 4.97. The summed E-state index contributed by atoms with van der Waals surface area (Å²) in [6.45, 7) is 0.914. The lowest BCUT2D eigenvalue weighted by atomic mass is 10.2. The summed E-state index contributed by atoms with van der Waals surface area (Å²) in [6, 6.07) is 6.76. The maximum absolute atomic E-state index is 13.2. The highest BCUT2D eigenvalue weighted by atomic mass is 35.5. The van der Waals surface area contributed by atoms with E-state index in [0.29, 0.717) is 36.8 Å². The number of hydrogen-bond acceptors (Lipinski definition) is 8. The smallest absolute Gasteiger partial charge is 0.422 e. The van der Waals surface area contributed by atoms with Crippen LogP contribution in [0.5, 0.6) is 11.6 Å². The Morgan fingerprint density at radius 3 is 2.34 bits per heavy atom. The molecule has 0 saturated carbocycles. The van der Waals surface area contributed by atoms with Crippen LogP contribution in [0.15, 0.2) is 36.5 Å². The van der Waals surface area contributed by atoms with Crippen LogP contribution in [0.25, 0.3) is 0 Å². The van der Waals surface area contributed by atoms with Gasteiger partial charge in [0, 0.05) is 27.0 Å². The molecule has 1 heterocycles. The summed E-state index contributed by atoms with van der Waals surface area (Å²) in [7, 11) is -1.93. The van der Waals surface area contributed by atoms with Crippen LogP contribution < -0.4 is 9.47 Å². The molecular formula is C22H27ClF3N3O8S. The minimum atomic E-state index is -4.68. The van der Waals surface area contributed by atoms with E-state index in [4.69, 9.17) is 30.5 Å². The first-order valence-corrected chi connectivity index (χ1v) is 12.7. The van der Waals surface area contributed by atoms with E-state index in [1.165, 1.54) is 26.2 Å². The summed E-state index contributed by atoms with van der Waals surface area (Å²) in [5.74, 6) is 0.0594. The highest BCUT2D eigenvalue weighted by molar-refractivity contribution is 7.87. The summed E-state index contributed by atoms with van der Waals surface area (Å²) < 4.78 is 86.9. The average molecular weight is 586 g/mol. The van der Waals surface area contributed by atoms with Crippen LogP contribution in [-0.4, -0.2) is 80.0 Å². The zero-order valence-corrected chi connectivity index (χ0v) is 22.2. The number of ether oxygens (including phenoxy) is 4. The lowest BCUT2D eigenvalue weighted by Gasteiger charge is -2.29. The number of likely N-dealkylation sites (N-methyl/N-ethyl adjacent to an activating group) is 1. The van der Waals surface area contributed by atoms with Crippen LogP contribution in [-0.2, 0) is 32.4 Å². The van der Waals surface area contributed by atoms with Crippen LogP contribution in [0.1, 0.15) is 18.1 Å². The molecule has 11 nitrogen and oxygen atoms in total. The Morgan fingerprint density at radius 1 is 1.18 bits per heavy atom. The van der Waals surface area contributed by atoms with Gasteiger partial charge >= 0.3 is 22.5 Å². The first-order valence-electron chi connectivity index (χ1n) is 11.0. The molecule has 1 unspecified atom stereocenters. The highest BCUT2D eigenvalue weighted by Gasteiger charge is 2.35. The molecule has 1 amide bonds. The predicted octanol–water partition coefficient (Wildman–Crippen LogP) is 3.88. The van der Waals surface area contributed by atoms with Gasteiger partial charge in [0.2, 0.25) is 12.2 Å². The van der Waals surface area contributed by atoms with E-state index < -0.39 is 58.3 Å². The molecule has 0 spiro atoms. The number of aromatic nitrogens is 1. The number of carbonyl (C=O) groups is 1. The van der Waals surface area contributed by atoms with Crippen molar-refractivity contribution in [2.45, 2.75) is 25.9 Å². The second kappa shape index (κ2) is 13.8. The normalized spacial score (nSPS) is 12.8. The van der Waals surface area contributed by atoms with Gasteiger partial charge in [0.05, 0.1) is 25.3 Å². The molecule has 2 aromatic rings. The topological polar surface area (TPSA) is 128 Å². The van der Waals surface area contributed by atoms with Gasteiger partial charge in [-0.05, 0) is 23.8 Å². The molecule has 1 atom stereocenters. The maximum atomic E-state index is 13.2. The van der Waals surface area contributed by atoms with Gasteiger partial charge in [-0.2, -0.15) is 30.2 Å². The molecular weight excluding hydrogens is 559 g/mol. The van der Waals surface area contributed by atoms with Crippen molar-refractivity contribution in [2.24, 2.45) is 0 Å². The quantitative estimate of drug-likeness (QED) is 0.259. The Kier molecular flexibility index (Phi) is 11.4. The number of carboxylic acid groups (broad SMARTS) is 1. The van der Waals surface area contributed by atoms with Crippen molar-refractivity contribution in [1.82, 2.24) is 13.6 Å². The molecule has 1 N–H and O–H groups in total. The van der Waals surface area contributed by atoms with E-state index in [1.54, 1.807) is 12.1 Å². The minimum absolute atomic E-state index is 0.185. The number of nitrogens with zero attached hydrogens (tertiary/aromatic N) is 3. The van der Waals surface area contributed by atoms with Crippen molar-refractivity contribution in [3.63, 3.8) is 0 Å². The average Bonchev–Trinajstić information content (AvgIpc) is 2.85. The SMILES string of the molecule is CCN(CC(OC)Oc1ncc(C(F)(F)F)cc1Cl)S(=O)(=O)N(Cc1ccc(OCCOC)cc1)C(=O)O. The van der Waals surface area contributed by atoms with E-state index >= 15 is 0 Å². The van der Waals surface area contributed by atoms with Crippen molar-refractivity contribution < 1.29 is 50.4 Å². The molecule has 1 aromatic carbocycles. The molecule has 0 aliphatic rings. The van der Waals surface area contributed by atoms with Gasteiger partial charge in [0.1, 0.15) is 17.4 Å². The van der Waals surface area contributed by atoms with Gasteiger partial charge in [-0.25, -0.2) is 9.78 Å². The molecule has 0 aliphatic heterocycles. The largest absolute Gasteiger partial charge is 0.491 e. The van der Waals surface area contributed by atoms with Crippen LogP contribution in [0.3, 0.4) is 0 Å². The fraction of sp³-hybridized carbons (Fsp3) is 0.455. The Balaban J connectivity index is 2.18. The number of methoxy groups -OCH3 is 2. The first-order chi connectivity index (χ1) is 17.8. The Morgan fingerprint density at radius 2 is 1.84 bits per heavy atom. The van der Waals surface area contributed by atoms with Gasteiger partial charge in [0.25, 0.3) is 0 Å². The minimum Gasteiger partial charge on any atom is -0.491 e. The summed E-state index contributed by atoms with van der Waals surface area (Å²) in [4.78, 5) is 15.4. The lowest BCUT2D eigenvalue weighted by molar-refractivity contribution is -0.137. The Hall–Kier alpha value is -2.85. The molecule has 0 bridgehead atoms. The van der Waals surface area contributed by atoms with Gasteiger partial charge in [-0.3, -0.25) is 0 Å². The third kappa shape index (κ3) is 8.59. The highest BCUT2D eigenvalue weighted by Crippen LogP contribution is 2.33. The van der Waals surface area contributed by atoms with Crippen molar-refractivity contribution in [1.29, 1.82) is 0 Å². The van der Waals surface area contributed by atoms with Crippen LogP contribution in [0, 0.1) is 0 Å². The Labute approximate surface area is 222 Å². The van der Waals surface area contributed by atoms with Gasteiger partial charge < -0.3 is 24.1 Å². The molecule has 2 rings (SSSR count).